The minimum absolute atomic E-state index is 0.101. The average molecular weight is 1170 g/mol. The molecule has 0 heterocycles. The van der Waals surface area contributed by atoms with Crippen LogP contribution in [0, 0.1) is 11.8 Å². The number of esters is 4. The topological polar surface area (TPSA) is 237 Å². The summed E-state index contributed by atoms with van der Waals surface area (Å²) in [6, 6.07) is 0. The lowest BCUT2D eigenvalue weighted by molar-refractivity contribution is -0.161. The molecule has 0 aliphatic carbocycles. The van der Waals surface area contributed by atoms with Crippen molar-refractivity contribution in [1.82, 2.24) is 0 Å². The molecule has 0 aromatic rings. The van der Waals surface area contributed by atoms with Crippen molar-refractivity contribution in [3.05, 3.63) is 0 Å². The van der Waals surface area contributed by atoms with Crippen LogP contribution in [-0.2, 0) is 65.4 Å². The van der Waals surface area contributed by atoms with Crippen molar-refractivity contribution in [3.63, 3.8) is 0 Å². The number of hydrogen-bond donors (Lipinski definition) is 3. The zero-order valence-corrected chi connectivity index (χ0v) is 52.4. The SMILES string of the molecule is CCCCCCCCCCCCCC(=O)OC[C@H](COP(=O)(O)OC[C@@H](O)COP(=O)(O)OC[C@@H](COC(=O)CCCCCCC)OC(=O)CCCCCCCCC(C)C)OC(=O)CCCCCCCCCCCCC(C)CC. The second-order valence-electron chi connectivity index (χ2n) is 22.5. The molecule has 0 aromatic carbocycles. The summed E-state index contributed by atoms with van der Waals surface area (Å²) < 4.78 is 67.6. The molecule has 0 rings (SSSR count). The summed E-state index contributed by atoms with van der Waals surface area (Å²) >= 11 is 0. The van der Waals surface area contributed by atoms with Crippen molar-refractivity contribution in [3.8, 4) is 0 Å². The molecule has 0 aliphatic heterocycles. The Labute approximate surface area is 479 Å². The fourth-order valence-electron chi connectivity index (χ4n) is 8.79. The first kappa shape index (κ1) is 77.1. The van der Waals surface area contributed by atoms with Gasteiger partial charge in [0, 0.05) is 25.7 Å². The third-order valence-electron chi connectivity index (χ3n) is 14.1. The van der Waals surface area contributed by atoms with Crippen molar-refractivity contribution in [2.75, 3.05) is 39.6 Å². The summed E-state index contributed by atoms with van der Waals surface area (Å²) in [7, 11) is -9.87. The number of hydrogen-bond acceptors (Lipinski definition) is 15. The van der Waals surface area contributed by atoms with Crippen molar-refractivity contribution < 1.29 is 80.2 Å². The summed E-state index contributed by atoms with van der Waals surface area (Å²) in [5.41, 5.74) is 0. The van der Waals surface area contributed by atoms with E-state index in [2.05, 4.69) is 41.5 Å². The van der Waals surface area contributed by atoms with E-state index >= 15 is 0 Å². The number of carbonyl (C=O) groups excluding carboxylic acids is 4. The molecule has 19 heteroatoms. The van der Waals surface area contributed by atoms with Crippen molar-refractivity contribution >= 4 is 39.5 Å². The number of rotatable bonds is 59. The lowest BCUT2D eigenvalue weighted by Gasteiger charge is -2.21. The van der Waals surface area contributed by atoms with Crippen LogP contribution in [0.4, 0.5) is 0 Å². The highest BCUT2D eigenvalue weighted by Crippen LogP contribution is 2.45. The molecule has 0 radical (unpaired) electrons. The molecule has 0 saturated heterocycles. The molecule has 17 nitrogen and oxygen atoms in total. The fraction of sp³-hybridized carbons (Fsp3) is 0.933. The third-order valence-corrected chi connectivity index (χ3v) is 16.0. The van der Waals surface area contributed by atoms with E-state index < -0.39 is 97.5 Å². The van der Waals surface area contributed by atoms with Gasteiger partial charge < -0.3 is 33.8 Å². The Balaban J connectivity index is 5.19. The van der Waals surface area contributed by atoms with E-state index in [0.717, 1.165) is 102 Å². The smallest absolute Gasteiger partial charge is 0.462 e. The molecule has 0 saturated carbocycles. The lowest BCUT2D eigenvalue weighted by Crippen LogP contribution is -2.30. The molecule has 79 heavy (non-hydrogen) atoms. The Morgan fingerprint density at radius 3 is 0.962 bits per heavy atom. The number of aliphatic hydroxyl groups excluding tert-OH is 1. The Kier molecular flexibility index (Phi) is 51.5. The molecule has 0 spiro atoms. The summed E-state index contributed by atoms with van der Waals surface area (Å²) in [6.07, 6.45) is 33.9. The maximum Gasteiger partial charge on any atom is 0.472 e. The van der Waals surface area contributed by atoms with Gasteiger partial charge in [0.15, 0.2) is 12.2 Å². The Hall–Kier alpha value is -1.94. The van der Waals surface area contributed by atoms with E-state index in [9.17, 15) is 43.2 Å². The van der Waals surface area contributed by atoms with Gasteiger partial charge in [-0.1, -0.05) is 241 Å². The van der Waals surface area contributed by atoms with E-state index in [1.807, 2.05) is 0 Å². The minimum Gasteiger partial charge on any atom is -0.462 e. The number of aliphatic hydroxyl groups is 1. The maximum atomic E-state index is 12.9. The van der Waals surface area contributed by atoms with Crippen molar-refractivity contribution in [2.24, 2.45) is 11.8 Å². The van der Waals surface area contributed by atoms with Gasteiger partial charge >= 0.3 is 39.5 Å². The molecule has 0 aromatic heterocycles. The van der Waals surface area contributed by atoms with Gasteiger partial charge in [0.05, 0.1) is 26.4 Å². The number of unbranched alkanes of at least 4 members (excludes halogenated alkanes) is 28. The molecule has 0 amide bonds. The van der Waals surface area contributed by atoms with Crippen LogP contribution >= 0.6 is 15.6 Å². The standard InChI is InChI=1S/C60H116O17P2/c1-7-10-12-14-15-16-17-21-24-31-37-43-58(63)71-49-56(76-59(64)44-38-32-25-22-19-18-20-23-30-35-41-53(6)9-3)51-75-79(68,69)73-47-54(61)46-72-78(66,67)74-50-55(48-70-57(62)42-36-28-13-11-8-2)77-60(65)45-39-33-27-26-29-34-40-52(4)5/h52-56,61H,7-51H2,1-6H3,(H,66,67)(H,68,69)/t53?,54-,55+,56+/m0/s1. The second kappa shape index (κ2) is 52.8. The first-order chi connectivity index (χ1) is 37.9. The first-order valence-corrected chi connectivity index (χ1v) is 34.5. The lowest BCUT2D eigenvalue weighted by atomic mass is 9.99. The van der Waals surface area contributed by atoms with Gasteiger partial charge in [-0.3, -0.25) is 37.3 Å². The van der Waals surface area contributed by atoms with Gasteiger partial charge in [0.2, 0.25) is 0 Å². The zero-order valence-electron chi connectivity index (χ0n) is 50.7. The molecule has 6 atom stereocenters. The summed E-state index contributed by atoms with van der Waals surface area (Å²) in [5.74, 6) is -0.681. The Morgan fingerprint density at radius 1 is 0.367 bits per heavy atom. The molecule has 0 aliphatic rings. The zero-order chi connectivity index (χ0) is 58.7. The summed E-state index contributed by atoms with van der Waals surface area (Å²) in [5, 5.41) is 10.5. The van der Waals surface area contributed by atoms with Crippen molar-refractivity contribution in [2.45, 2.75) is 310 Å². The largest absolute Gasteiger partial charge is 0.472 e. The number of phosphoric acid groups is 2. The van der Waals surface area contributed by atoms with Gasteiger partial charge in [0.1, 0.15) is 19.3 Å². The molecular formula is C60H116O17P2. The highest BCUT2D eigenvalue weighted by molar-refractivity contribution is 7.47. The minimum atomic E-state index is -4.94. The van der Waals surface area contributed by atoms with Crippen molar-refractivity contribution in [1.29, 1.82) is 0 Å². The van der Waals surface area contributed by atoms with Crippen LogP contribution in [0.1, 0.15) is 292 Å². The highest BCUT2D eigenvalue weighted by atomic mass is 31.2. The van der Waals surface area contributed by atoms with Crippen LogP contribution in [-0.4, -0.2) is 96.7 Å². The second-order valence-corrected chi connectivity index (χ2v) is 25.4. The van der Waals surface area contributed by atoms with Crippen LogP contribution in [0.3, 0.4) is 0 Å². The van der Waals surface area contributed by atoms with Crippen LogP contribution < -0.4 is 0 Å². The third kappa shape index (κ3) is 53.8. The van der Waals surface area contributed by atoms with Gasteiger partial charge in [-0.2, -0.15) is 0 Å². The van der Waals surface area contributed by atoms with Gasteiger partial charge in [-0.15, -0.1) is 0 Å². The monoisotopic (exact) mass is 1170 g/mol. The fourth-order valence-corrected chi connectivity index (χ4v) is 10.4. The van der Waals surface area contributed by atoms with E-state index in [-0.39, 0.29) is 25.7 Å². The van der Waals surface area contributed by atoms with Gasteiger partial charge in [-0.25, -0.2) is 9.13 Å². The van der Waals surface area contributed by atoms with Crippen LogP contribution in [0.15, 0.2) is 0 Å². The number of carbonyl (C=O) groups is 4. The highest BCUT2D eigenvalue weighted by Gasteiger charge is 2.30. The number of ether oxygens (including phenoxy) is 4. The van der Waals surface area contributed by atoms with E-state index in [1.54, 1.807) is 0 Å². The molecule has 3 N–H and O–H groups in total. The molecular weight excluding hydrogens is 1050 g/mol. The first-order valence-electron chi connectivity index (χ1n) is 31.5. The van der Waals surface area contributed by atoms with E-state index in [4.69, 9.17) is 37.0 Å². The quantitative estimate of drug-likeness (QED) is 0.0222. The predicted octanol–water partition coefficient (Wildman–Crippen LogP) is 16.1. The normalized spacial score (nSPS) is 14.8. The van der Waals surface area contributed by atoms with Crippen LogP contribution in [0.5, 0.6) is 0 Å². The summed E-state index contributed by atoms with van der Waals surface area (Å²) in [6.45, 7) is 9.30. The van der Waals surface area contributed by atoms with Gasteiger partial charge in [-0.05, 0) is 37.5 Å². The molecule has 468 valence electrons. The van der Waals surface area contributed by atoms with Gasteiger partial charge in [0.25, 0.3) is 0 Å². The van der Waals surface area contributed by atoms with E-state index in [0.29, 0.717) is 31.6 Å². The van der Waals surface area contributed by atoms with Crippen LogP contribution in [0.2, 0.25) is 0 Å². The van der Waals surface area contributed by atoms with Crippen LogP contribution in [0.25, 0.3) is 0 Å². The molecule has 0 fully saturated rings. The Morgan fingerprint density at radius 2 is 0.646 bits per heavy atom. The number of phosphoric ester groups is 2. The van der Waals surface area contributed by atoms with E-state index in [1.165, 1.54) is 103 Å². The Bertz CT molecular complexity index is 1570. The molecule has 3 unspecified atom stereocenters. The molecule has 0 bridgehead atoms. The average Bonchev–Trinajstić information content (AvgIpc) is 3.41. The summed E-state index contributed by atoms with van der Waals surface area (Å²) in [4.78, 5) is 71.7. The maximum absolute atomic E-state index is 12.9. The predicted molar refractivity (Wildman–Crippen MR) is 312 cm³/mol.